The molecule has 1 aromatic rings. The van der Waals surface area contributed by atoms with Crippen LogP contribution in [0.25, 0.3) is 0 Å². The van der Waals surface area contributed by atoms with Gasteiger partial charge in [-0.15, -0.1) is 0 Å². The van der Waals surface area contributed by atoms with Crippen molar-refractivity contribution in [3.8, 4) is 0 Å². The predicted molar refractivity (Wildman–Crippen MR) is 90.9 cm³/mol. The maximum Gasteiger partial charge on any atom is 0.0367 e. The van der Waals surface area contributed by atoms with Crippen LogP contribution in [-0.2, 0) is 0 Å². The Morgan fingerprint density at radius 3 is 2.29 bits per heavy atom. The van der Waals surface area contributed by atoms with E-state index in [1.807, 2.05) is 0 Å². The minimum atomic E-state index is 0.449. The van der Waals surface area contributed by atoms with Gasteiger partial charge in [0.15, 0.2) is 0 Å². The summed E-state index contributed by atoms with van der Waals surface area (Å²) >= 11 is 0. The Labute approximate surface area is 128 Å². The number of piperidine rings is 1. The van der Waals surface area contributed by atoms with E-state index in [9.17, 15) is 0 Å². The van der Waals surface area contributed by atoms with Crippen LogP contribution in [0.1, 0.15) is 44.9 Å². The Hall–Kier alpha value is -1.22. The first-order valence-electron chi connectivity index (χ1n) is 8.66. The van der Waals surface area contributed by atoms with Crippen LogP contribution in [0.2, 0.25) is 0 Å². The highest BCUT2D eigenvalue weighted by molar-refractivity contribution is 5.55. The van der Waals surface area contributed by atoms with E-state index in [1.165, 1.54) is 69.4 Å². The molecule has 116 valence electrons. The summed E-state index contributed by atoms with van der Waals surface area (Å²) in [5.41, 5.74) is 8.60. The molecule has 2 aliphatic rings. The van der Waals surface area contributed by atoms with Crippen LogP contribution in [0.15, 0.2) is 24.3 Å². The lowest BCUT2D eigenvalue weighted by atomic mass is 9.86. The van der Waals surface area contributed by atoms with E-state index < -0.39 is 0 Å². The fourth-order valence-electron chi connectivity index (χ4n) is 3.60. The van der Waals surface area contributed by atoms with Crippen LogP contribution in [0.3, 0.4) is 0 Å². The largest absolute Gasteiger partial charge is 0.385 e. The van der Waals surface area contributed by atoms with Gasteiger partial charge in [-0.2, -0.15) is 0 Å². The van der Waals surface area contributed by atoms with Crippen LogP contribution in [0, 0.1) is 5.92 Å². The van der Waals surface area contributed by atoms with Gasteiger partial charge in [0.2, 0.25) is 0 Å². The lowest BCUT2D eigenvalue weighted by Gasteiger charge is -2.29. The van der Waals surface area contributed by atoms with E-state index in [-0.39, 0.29) is 0 Å². The lowest BCUT2D eigenvalue weighted by molar-refractivity contribution is 0.339. The average Bonchev–Trinajstić information content (AvgIpc) is 2.56. The van der Waals surface area contributed by atoms with Crippen LogP contribution in [-0.4, -0.2) is 25.7 Å². The molecule has 1 saturated carbocycles. The molecule has 1 aromatic carbocycles. The molecule has 3 heteroatoms. The third-order valence-corrected chi connectivity index (χ3v) is 5.07. The Morgan fingerprint density at radius 1 is 0.952 bits per heavy atom. The highest BCUT2D eigenvalue weighted by Gasteiger charge is 2.18. The molecule has 0 atom stereocenters. The van der Waals surface area contributed by atoms with Crippen molar-refractivity contribution in [1.82, 2.24) is 0 Å². The third-order valence-electron chi connectivity index (χ3n) is 5.07. The van der Waals surface area contributed by atoms with Gasteiger partial charge in [0.1, 0.15) is 0 Å². The Balaban J connectivity index is 1.48. The van der Waals surface area contributed by atoms with Gasteiger partial charge in [0.05, 0.1) is 0 Å². The minimum absolute atomic E-state index is 0.449. The van der Waals surface area contributed by atoms with Crippen molar-refractivity contribution in [2.75, 3.05) is 29.9 Å². The van der Waals surface area contributed by atoms with E-state index in [1.54, 1.807) is 0 Å². The molecule has 3 rings (SSSR count). The Kier molecular flexibility index (Phi) is 5.02. The zero-order valence-corrected chi connectivity index (χ0v) is 13.1. The molecule has 3 nitrogen and oxygen atoms in total. The molecule has 0 radical (unpaired) electrons. The zero-order chi connectivity index (χ0) is 14.5. The smallest absolute Gasteiger partial charge is 0.0367 e. The summed E-state index contributed by atoms with van der Waals surface area (Å²) in [6, 6.07) is 9.45. The van der Waals surface area contributed by atoms with E-state index in [0.717, 1.165) is 12.5 Å². The molecule has 1 heterocycles. The molecule has 1 saturated heterocycles. The van der Waals surface area contributed by atoms with E-state index in [4.69, 9.17) is 5.73 Å². The first-order valence-corrected chi connectivity index (χ1v) is 8.66. The number of hydrogen-bond donors (Lipinski definition) is 2. The van der Waals surface area contributed by atoms with Crippen molar-refractivity contribution in [3.63, 3.8) is 0 Å². The molecule has 0 unspecified atom stereocenters. The van der Waals surface area contributed by atoms with Gasteiger partial charge < -0.3 is 16.0 Å². The highest BCUT2D eigenvalue weighted by atomic mass is 15.1. The highest BCUT2D eigenvalue weighted by Crippen LogP contribution is 2.25. The van der Waals surface area contributed by atoms with Crippen molar-refractivity contribution < 1.29 is 0 Å². The summed E-state index contributed by atoms with van der Waals surface area (Å²) in [4.78, 5) is 2.51. The van der Waals surface area contributed by atoms with Crippen LogP contribution in [0.5, 0.6) is 0 Å². The fraction of sp³-hybridized carbons (Fsp3) is 0.667. The van der Waals surface area contributed by atoms with Gasteiger partial charge in [-0.1, -0.05) is 0 Å². The maximum absolute atomic E-state index is 5.97. The SMILES string of the molecule is N[C@H]1CC[C@H](CNc2ccc(N3CCCCC3)cc2)CC1. The van der Waals surface area contributed by atoms with Gasteiger partial charge in [0.25, 0.3) is 0 Å². The number of hydrogen-bond acceptors (Lipinski definition) is 3. The van der Waals surface area contributed by atoms with Gasteiger partial charge in [0, 0.05) is 37.1 Å². The number of benzene rings is 1. The van der Waals surface area contributed by atoms with Crippen molar-refractivity contribution in [2.24, 2.45) is 11.7 Å². The molecule has 1 aliphatic heterocycles. The quantitative estimate of drug-likeness (QED) is 0.889. The summed E-state index contributed by atoms with van der Waals surface area (Å²) in [7, 11) is 0. The second kappa shape index (κ2) is 7.17. The van der Waals surface area contributed by atoms with E-state index in [2.05, 4.69) is 34.5 Å². The van der Waals surface area contributed by atoms with Crippen molar-refractivity contribution in [3.05, 3.63) is 24.3 Å². The van der Waals surface area contributed by atoms with Gasteiger partial charge >= 0.3 is 0 Å². The summed E-state index contributed by atoms with van der Waals surface area (Å²) in [6.07, 6.45) is 9.01. The van der Waals surface area contributed by atoms with Crippen LogP contribution < -0.4 is 16.0 Å². The topological polar surface area (TPSA) is 41.3 Å². The lowest BCUT2D eigenvalue weighted by Crippen LogP contribution is -2.29. The molecule has 1 aliphatic carbocycles. The van der Waals surface area contributed by atoms with Crippen LogP contribution >= 0.6 is 0 Å². The normalized spacial score (nSPS) is 26.6. The summed E-state index contributed by atoms with van der Waals surface area (Å²) in [6.45, 7) is 3.53. The monoisotopic (exact) mass is 287 g/mol. The molecule has 3 N–H and O–H groups in total. The summed E-state index contributed by atoms with van der Waals surface area (Å²) in [5.74, 6) is 0.798. The standard InChI is InChI=1S/C18H29N3/c19-16-6-4-15(5-7-16)14-20-17-8-10-18(11-9-17)21-12-2-1-3-13-21/h8-11,15-16,20H,1-7,12-14,19H2/t15-,16-. The molecule has 2 fully saturated rings. The molecular weight excluding hydrogens is 258 g/mol. The first kappa shape index (κ1) is 14.7. The Bertz CT molecular complexity index is 415. The second-order valence-electron chi connectivity index (χ2n) is 6.76. The number of nitrogens with two attached hydrogens (primary N) is 1. The second-order valence-corrected chi connectivity index (χ2v) is 6.76. The molecule has 0 amide bonds. The molecule has 0 aromatic heterocycles. The predicted octanol–water partition coefficient (Wildman–Crippen LogP) is 3.61. The van der Waals surface area contributed by atoms with Crippen LogP contribution in [0.4, 0.5) is 11.4 Å². The third kappa shape index (κ3) is 4.13. The van der Waals surface area contributed by atoms with Crippen molar-refractivity contribution in [1.29, 1.82) is 0 Å². The van der Waals surface area contributed by atoms with E-state index >= 15 is 0 Å². The van der Waals surface area contributed by atoms with Gasteiger partial charge in [-0.05, 0) is 75.1 Å². The number of rotatable bonds is 4. The van der Waals surface area contributed by atoms with Gasteiger partial charge in [-0.25, -0.2) is 0 Å². The average molecular weight is 287 g/mol. The summed E-state index contributed by atoms with van der Waals surface area (Å²) in [5, 5.41) is 3.60. The van der Waals surface area contributed by atoms with Crippen molar-refractivity contribution in [2.45, 2.75) is 51.0 Å². The minimum Gasteiger partial charge on any atom is -0.385 e. The van der Waals surface area contributed by atoms with Crippen molar-refractivity contribution >= 4 is 11.4 Å². The Morgan fingerprint density at radius 2 is 1.62 bits per heavy atom. The fourth-order valence-corrected chi connectivity index (χ4v) is 3.60. The number of nitrogens with zero attached hydrogens (tertiary/aromatic N) is 1. The number of anilines is 2. The van der Waals surface area contributed by atoms with E-state index in [0.29, 0.717) is 6.04 Å². The number of nitrogens with one attached hydrogen (secondary N) is 1. The zero-order valence-electron chi connectivity index (χ0n) is 13.1. The maximum atomic E-state index is 5.97. The molecule has 0 spiro atoms. The summed E-state index contributed by atoms with van der Waals surface area (Å²) < 4.78 is 0. The molecule has 0 bridgehead atoms. The first-order chi connectivity index (χ1) is 10.3. The molecule has 21 heavy (non-hydrogen) atoms. The molecular formula is C18H29N3. The van der Waals surface area contributed by atoms with Gasteiger partial charge in [-0.3, -0.25) is 0 Å².